The summed E-state index contributed by atoms with van der Waals surface area (Å²) in [5.74, 6) is -0.231. The Morgan fingerprint density at radius 2 is 1.62 bits per heavy atom. The van der Waals surface area contributed by atoms with Crippen LogP contribution in [0.25, 0.3) is 0 Å². The topological polar surface area (TPSA) is 55.7 Å². The van der Waals surface area contributed by atoms with Crippen molar-refractivity contribution in [3.05, 3.63) is 0 Å². The Kier molecular flexibility index (Phi) is 3.78. The average molecular weight is 185 g/mol. The SMILES string of the molecule is CC(=O)C(C)=NC(=O)OC(C)(C)C. The van der Waals surface area contributed by atoms with E-state index in [2.05, 4.69) is 4.99 Å². The maximum Gasteiger partial charge on any atom is 0.434 e. The number of hydrogen-bond acceptors (Lipinski definition) is 3. The molecule has 74 valence electrons. The molecule has 0 N–H and O–H groups in total. The monoisotopic (exact) mass is 185 g/mol. The Labute approximate surface area is 78.0 Å². The molecule has 0 spiro atoms. The number of aliphatic imine (C=N–C) groups is 1. The van der Waals surface area contributed by atoms with E-state index in [-0.39, 0.29) is 11.5 Å². The maximum atomic E-state index is 11.0. The predicted molar refractivity (Wildman–Crippen MR) is 50.0 cm³/mol. The van der Waals surface area contributed by atoms with E-state index in [1.165, 1.54) is 13.8 Å². The number of ether oxygens (including phenoxy) is 1. The number of carbonyl (C=O) groups is 2. The highest BCUT2D eigenvalue weighted by molar-refractivity contribution is 6.39. The van der Waals surface area contributed by atoms with Crippen LogP contribution in [0.5, 0.6) is 0 Å². The minimum absolute atomic E-state index is 0.161. The van der Waals surface area contributed by atoms with E-state index in [1.807, 2.05) is 0 Å². The Balaban J connectivity index is 4.32. The fourth-order valence-corrected chi connectivity index (χ4v) is 0.500. The predicted octanol–water partition coefficient (Wildman–Crippen LogP) is 1.97. The first-order valence-corrected chi connectivity index (χ1v) is 4.01. The van der Waals surface area contributed by atoms with Crippen molar-refractivity contribution in [3.8, 4) is 0 Å². The molecule has 4 nitrogen and oxygen atoms in total. The second-order valence-electron chi connectivity index (χ2n) is 3.73. The van der Waals surface area contributed by atoms with Gasteiger partial charge >= 0.3 is 6.09 Å². The van der Waals surface area contributed by atoms with Gasteiger partial charge in [0.25, 0.3) is 0 Å². The van der Waals surface area contributed by atoms with Gasteiger partial charge < -0.3 is 4.74 Å². The van der Waals surface area contributed by atoms with E-state index in [0.717, 1.165) is 0 Å². The van der Waals surface area contributed by atoms with Gasteiger partial charge in [0.2, 0.25) is 0 Å². The van der Waals surface area contributed by atoms with Crippen molar-refractivity contribution >= 4 is 17.6 Å². The highest BCUT2D eigenvalue weighted by atomic mass is 16.6. The van der Waals surface area contributed by atoms with Gasteiger partial charge in [0.1, 0.15) is 5.60 Å². The van der Waals surface area contributed by atoms with Crippen molar-refractivity contribution in [1.82, 2.24) is 0 Å². The quantitative estimate of drug-likeness (QED) is 0.587. The summed E-state index contributed by atoms with van der Waals surface area (Å²) in [7, 11) is 0. The normalized spacial score (nSPS) is 12.5. The van der Waals surface area contributed by atoms with Gasteiger partial charge in [-0.1, -0.05) is 0 Å². The molecule has 0 aliphatic rings. The van der Waals surface area contributed by atoms with Gasteiger partial charge in [0.05, 0.1) is 5.71 Å². The minimum Gasteiger partial charge on any atom is -0.442 e. The molecule has 0 aliphatic heterocycles. The van der Waals surface area contributed by atoms with Crippen LogP contribution >= 0.6 is 0 Å². The Morgan fingerprint density at radius 1 is 1.15 bits per heavy atom. The first-order valence-electron chi connectivity index (χ1n) is 4.01. The van der Waals surface area contributed by atoms with Gasteiger partial charge in [0.15, 0.2) is 5.78 Å². The summed E-state index contributed by atoms with van der Waals surface area (Å²) in [4.78, 5) is 25.2. The lowest BCUT2D eigenvalue weighted by Gasteiger charge is -2.17. The summed E-state index contributed by atoms with van der Waals surface area (Å²) >= 11 is 0. The summed E-state index contributed by atoms with van der Waals surface area (Å²) in [6, 6.07) is 0. The molecule has 0 atom stereocenters. The van der Waals surface area contributed by atoms with Crippen LogP contribution in [0.1, 0.15) is 34.6 Å². The maximum absolute atomic E-state index is 11.0. The standard InChI is InChI=1S/C9H15NO3/c1-6(7(2)11)10-8(12)13-9(3,4)5/h1-5H3. The van der Waals surface area contributed by atoms with Gasteiger partial charge in [-0.3, -0.25) is 4.79 Å². The van der Waals surface area contributed by atoms with Gasteiger partial charge in [-0.05, 0) is 27.7 Å². The van der Waals surface area contributed by atoms with Crippen molar-refractivity contribution < 1.29 is 14.3 Å². The summed E-state index contributed by atoms with van der Waals surface area (Å²) in [5, 5.41) is 0. The van der Waals surface area contributed by atoms with Gasteiger partial charge in [-0.2, -0.15) is 4.99 Å². The van der Waals surface area contributed by atoms with Crippen molar-refractivity contribution in [2.45, 2.75) is 40.2 Å². The third-order valence-corrected chi connectivity index (χ3v) is 1.16. The highest BCUT2D eigenvalue weighted by Gasteiger charge is 2.15. The Hall–Kier alpha value is -1.19. The third kappa shape index (κ3) is 6.02. The second kappa shape index (κ2) is 4.16. The average Bonchev–Trinajstić information content (AvgIpc) is 1.81. The largest absolute Gasteiger partial charge is 0.442 e. The Morgan fingerprint density at radius 3 is 1.92 bits per heavy atom. The van der Waals surface area contributed by atoms with Crippen LogP contribution in [0.15, 0.2) is 4.99 Å². The van der Waals surface area contributed by atoms with Crippen molar-refractivity contribution in [3.63, 3.8) is 0 Å². The van der Waals surface area contributed by atoms with Crippen molar-refractivity contribution in [1.29, 1.82) is 0 Å². The molecule has 0 heterocycles. The molecule has 0 aromatic heterocycles. The molecule has 0 bridgehead atoms. The zero-order chi connectivity index (χ0) is 10.6. The number of hydrogen-bond donors (Lipinski definition) is 0. The second-order valence-corrected chi connectivity index (χ2v) is 3.73. The molecular formula is C9H15NO3. The zero-order valence-electron chi connectivity index (χ0n) is 8.67. The van der Waals surface area contributed by atoms with E-state index >= 15 is 0 Å². The number of Topliss-reactive ketones (excluding diaryl/α,β-unsaturated/α-hetero) is 1. The first-order chi connectivity index (χ1) is 5.72. The molecule has 0 fully saturated rings. The van der Waals surface area contributed by atoms with Crippen LogP contribution < -0.4 is 0 Å². The molecule has 0 saturated carbocycles. The van der Waals surface area contributed by atoms with Crippen LogP contribution in [-0.4, -0.2) is 23.2 Å². The van der Waals surface area contributed by atoms with Gasteiger partial charge in [-0.15, -0.1) is 0 Å². The number of rotatable bonds is 1. The summed E-state index contributed by atoms with van der Waals surface area (Å²) < 4.78 is 4.88. The first kappa shape index (κ1) is 11.8. The van der Waals surface area contributed by atoms with Gasteiger partial charge in [0, 0.05) is 6.92 Å². The molecule has 1 amide bonds. The lowest BCUT2D eigenvalue weighted by Crippen LogP contribution is -2.23. The smallest absolute Gasteiger partial charge is 0.434 e. The number of carbonyl (C=O) groups excluding carboxylic acids is 2. The number of ketones is 1. The van der Waals surface area contributed by atoms with E-state index < -0.39 is 11.7 Å². The van der Waals surface area contributed by atoms with E-state index in [4.69, 9.17) is 4.74 Å². The molecule has 0 unspecified atom stereocenters. The molecule has 13 heavy (non-hydrogen) atoms. The van der Waals surface area contributed by atoms with Crippen molar-refractivity contribution in [2.24, 2.45) is 4.99 Å². The van der Waals surface area contributed by atoms with Crippen molar-refractivity contribution in [2.75, 3.05) is 0 Å². The van der Waals surface area contributed by atoms with Crippen LogP contribution in [-0.2, 0) is 9.53 Å². The van der Waals surface area contributed by atoms with E-state index in [0.29, 0.717) is 0 Å². The minimum atomic E-state index is -0.722. The molecule has 0 rings (SSSR count). The Bertz CT molecular complexity index is 248. The molecule has 0 aromatic rings. The number of amides is 1. The van der Waals surface area contributed by atoms with E-state index in [1.54, 1.807) is 20.8 Å². The number of nitrogens with zero attached hydrogens (tertiary/aromatic N) is 1. The fourth-order valence-electron chi connectivity index (χ4n) is 0.500. The highest BCUT2D eigenvalue weighted by Crippen LogP contribution is 2.07. The van der Waals surface area contributed by atoms with Crippen LogP contribution in [0.3, 0.4) is 0 Å². The van der Waals surface area contributed by atoms with Gasteiger partial charge in [-0.25, -0.2) is 4.79 Å². The van der Waals surface area contributed by atoms with Crippen LogP contribution in [0, 0.1) is 0 Å². The van der Waals surface area contributed by atoms with Crippen LogP contribution in [0.4, 0.5) is 4.79 Å². The zero-order valence-corrected chi connectivity index (χ0v) is 8.67. The molecule has 4 heteroatoms. The molecule has 0 aromatic carbocycles. The molecular weight excluding hydrogens is 170 g/mol. The van der Waals surface area contributed by atoms with E-state index in [9.17, 15) is 9.59 Å². The molecule has 0 saturated heterocycles. The van der Waals surface area contributed by atoms with Crippen LogP contribution in [0.2, 0.25) is 0 Å². The third-order valence-electron chi connectivity index (χ3n) is 1.16. The fraction of sp³-hybridized carbons (Fsp3) is 0.667. The summed E-state index contributed by atoms with van der Waals surface area (Å²) in [6.45, 7) is 8.05. The summed E-state index contributed by atoms with van der Waals surface area (Å²) in [6.07, 6.45) is -0.722. The molecule has 0 radical (unpaired) electrons. The lowest BCUT2D eigenvalue weighted by atomic mass is 10.2. The summed E-state index contributed by atoms with van der Waals surface area (Å²) in [5.41, 5.74) is -0.410. The lowest BCUT2D eigenvalue weighted by molar-refractivity contribution is -0.111. The molecule has 0 aliphatic carbocycles.